The van der Waals surface area contributed by atoms with E-state index in [-0.39, 0.29) is 11.9 Å². The van der Waals surface area contributed by atoms with Gasteiger partial charge in [0.25, 0.3) is 0 Å². The van der Waals surface area contributed by atoms with Gasteiger partial charge in [0.2, 0.25) is 0 Å². The van der Waals surface area contributed by atoms with E-state index in [1.165, 1.54) is 0 Å². The highest BCUT2D eigenvalue weighted by Crippen LogP contribution is 2.15. The summed E-state index contributed by atoms with van der Waals surface area (Å²) in [6.45, 7) is 4.27. The molecule has 0 saturated heterocycles. The molecule has 0 aromatic heterocycles. The van der Waals surface area contributed by atoms with Gasteiger partial charge in [0, 0.05) is 5.56 Å². The first-order chi connectivity index (χ1) is 7.13. The Kier molecular flexibility index (Phi) is 4.31. The highest BCUT2D eigenvalue weighted by Gasteiger charge is 2.06. The summed E-state index contributed by atoms with van der Waals surface area (Å²) < 4.78 is 5.51. The zero-order valence-electron chi connectivity index (χ0n) is 9.41. The topological polar surface area (TPSA) is 38.3 Å². The molecule has 3 nitrogen and oxygen atoms in total. The minimum atomic E-state index is 0.0757. The van der Waals surface area contributed by atoms with Crippen molar-refractivity contribution in [3.05, 3.63) is 29.8 Å². The van der Waals surface area contributed by atoms with E-state index in [1.54, 1.807) is 19.2 Å². The Morgan fingerprint density at radius 1 is 1.47 bits per heavy atom. The fourth-order valence-corrected chi connectivity index (χ4v) is 1.28. The quantitative estimate of drug-likeness (QED) is 0.749. The summed E-state index contributed by atoms with van der Waals surface area (Å²) in [5.41, 5.74) is 0.683. The Balaban J connectivity index is 2.78. The standard InChI is InChI=1S/C12H17NO2/c1-9(2)15-11-6-4-5-10(7-11)12(14)8-13-3/h4-7,9,13H,8H2,1-3H3. The molecular formula is C12H17NO2. The Morgan fingerprint density at radius 2 is 2.20 bits per heavy atom. The first kappa shape index (κ1) is 11.7. The van der Waals surface area contributed by atoms with E-state index in [9.17, 15) is 4.79 Å². The van der Waals surface area contributed by atoms with Gasteiger partial charge in [0.1, 0.15) is 5.75 Å². The van der Waals surface area contributed by atoms with E-state index >= 15 is 0 Å². The van der Waals surface area contributed by atoms with Gasteiger partial charge in [0.15, 0.2) is 5.78 Å². The van der Waals surface area contributed by atoms with E-state index in [0.717, 1.165) is 5.75 Å². The molecule has 15 heavy (non-hydrogen) atoms. The van der Waals surface area contributed by atoms with Crippen LogP contribution in [0.3, 0.4) is 0 Å². The Hall–Kier alpha value is -1.35. The summed E-state index contributed by atoms with van der Waals surface area (Å²) in [6, 6.07) is 7.27. The van der Waals surface area contributed by atoms with Gasteiger partial charge in [0.05, 0.1) is 12.6 Å². The lowest BCUT2D eigenvalue weighted by atomic mass is 10.1. The van der Waals surface area contributed by atoms with Crippen LogP contribution in [0.25, 0.3) is 0 Å². The third-order valence-corrected chi connectivity index (χ3v) is 1.87. The number of carbonyl (C=O) groups excluding carboxylic acids is 1. The largest absolute Gasteiger partial charge is 0.491 e. The molecule has 0 atom stereocenters. The van der Waals surface area contributed by atoms with Crippen LogP contribution in [-0.4, -0.2) is 25.5 Å². The number of ketones is 1. The van der Waals surface area contributed by atoms with Gasteiger partial charge in [-0.3, -0.25) is 4.79 Å². The number of likely N-dealkylation sites (N-methyl/N-ethyl adjacent to an activating group) is 1. The fraction of sp³-hybridized carbons (Fsp3) is 0.417. The number of carbonyl (C=O) groups is 1. The molecule has 0 spiro atoms. The lowest BCUT2D eigenvalue weighted by molar-refractivity contribution is 0.0993. The molecule has 0 bridgehead atoms. The molecule has 1 aromatic carbocycles. The monoisotopic (exact) mass is 207 g/mol. The molecule has 0 aliphatic heterocycles. The SMILES string of the molecule is CNCC(=O)c1cccc(OC(C)C)c1. The summed E-state index contributed by atoms with van der Waals surface area (Å²) in [6.07, 6.45) is 0.125. The molecule has 1 N–H and O–H groups in total. The smallest absolute Gasteiger partial charge is 0.176 e. The van der Waals surface area contributed by atoms with Gasteiger partial charge in [-0.15, -0.1) is 0 Å². The third kappa shape index (κ3) is 3.72. The molecule has 0 amide bonds. The maximum Gasteiger partial charge on any atom is 0.176 e. The predicted octanol–water partition coefficient (Wildman–Crippen LogP) is 1.88. The van der Waals surface area contributed by atoms with Crippen LogP contribution >= 0.6 is 0 Å². The van der Waals surface area contributed by atoms with Crippen molar-refractivity contribution in [3.8, 4) is 5.75 Å². The van der Waals surface area contributed by atoms with Crippen molar-refractivity contribution in [1.82, 2.24) is 5.32 Å². The first-order valence-electron chi connectivity index (χ1n) is 5.08. The van der Waals surface area contributed by atoms with Crippen molar-refractivity contribution in [3.63, 3.8) is 0 Å². The van der Waals surface area contributed by atoms with Crippen molar-refractivity contribution in [1.29, 1.82) is 0 Å². The van der Waals surface area contributed by atoms with Crippen molar-refractivity contribution < 1.29 is 9.53 Å². The van der Waals surface area contributed by atoms with E-state index in [4.69, 9.17) is 4.74 Å². The average Bonchev–Trinajstić information content (AvgIpc) is 2.17. The van der Waals surface area contributed by atoms with E-state index in [2.05, 4.69) is 5.32 Å². The molecule has 3 heteroatoms. The number of rotatable bonds is 5. The number of ether oxygens (including phenoxy) is 1. The number of benzene rings is 1. The van der Waals surface area contributed by atoms with E-state index < -0.39 is 0 Å². The van der Waals surface area contributed by atoms with Crippen LogP contribution in [0.1, 0.15) is 24.2 Å². The second-order valence-corrected chi connectivity index (χ2v) is 3.65. The van der Waals surface area contributed by atoms with Gasteiger partial charge in [-0.25, -0.2) is 0 Å². The lowest BCUT2D eigenvalue weighted by Crippen LogP contribution is -2.18. The molecule has 0 aliphatic rings. The van der Waals surface area contributed by atoms with Gasteiger partial charge in [-0.05, 0) is 33.0 Å². The zero-order chi connectivity index (χ0) is 11.3. The molecule has 0 unspecified atom stereocenters. The molecule has 0 radical (unpaired) electrons. The first-order valence-corrected chi connectivity index (χ1v) is 5.08. The number of hydrogen-bond donors (Lipinski definition) is 1. The summed E-state index contributed by atoms with van der Waals surface area (Å²) >= 11 is 0. The predicted molar refractivity (Wildman–Crippen MR) is 60.5 cm³/mol. The number of hydrogen-bond acceptors (Lipinski definition) is 3. The van der Waals surface area contributed by atoms with Gasteiger partial charge in [-0.1, -0.05) is 12.1 Å². The van der Waals surface area contributed by atoms with E-state index in [1.807, 2.05) is 26.0 Å². The van der Waals surface area contributed by atoms with Crippen LogP contribution < -0.4 is 10.1 Å². The molecule has 0 aliphatic carbocycles. The van der Waals surface area contributed by atoms with Crippen molar-refractivity contribution in [2.45, 2.75) is 20.0 Å². The fourth-order valence-electron chi connectivity index (χ4n) is 1.28. The summed E-state index contributed by atoms with van der Waals surface area (Å²) in [5, 5.41) is 2.84. The van der Waals surface area contributed by atoms with E-state index in [0.29, 0.717) is 12.1 Å². The van der Waals surface area contributed by atoms with Crippen LogP contribution in [0, 0.1) is 0 Å². The second kappa shape index (κ2) is 5.51. The Morgan fingerprint density at radius 3 is 2.80 bits per heavy atom. The third-order valence-electron chi connectivity index (χ3n) is 1.87. The van der Waals surface area contributed by atoms with Crippen molar-refractivity contribution in [2.75, 3.05) is 13.6 Å². The number of nitrogens with one attached hydrogen (secondary N) is 1. The molecule has 1 rings (SSSR count). The maximum absolute atomic E-state index is 11.6. The minimum absolute atomic E-state index is 0.0757. The van der Waals surface area contributed by atoms with Crippen LogP contribution in [0.5, 0.6) is 5.75 Å². The maximum atomic E-state index is 11.6. The Bertz CT molecular complexity index is 334. The van der Waals surface area contributed by atoms with Crippen LogP contribution in [0.4, 0.5) is 0 Å². The van der Waals surface area contributed by atoms with Crippen molar-refractivity contribution in [2.24, 2.45) is 0 Å². The van der Waals surface area contributed by atoms with Gasteiger partial charge >= 0.3 is 0 Å². The molecule has 1 aromatic rings. The van der Waals surface area contributed by atoms with Crippen LogP contribution in [0.15, 0.2) is 24.3 Å². The minimum Gasteiger partial charge on any atom is -0.491 e. The normalized spacial score (nSPS) is 10.4. The molecular weight excluding hydrogens is 190 g/mol. The van der Waals surface area contributed by atoms with Crippen LogP contribution in [-0.2, 0) is 0 Å². The number of Topliss-reactive ketones (excluding diaryl/α,β-unsaturated/α-hetero) is 1. The highest BCUT2D eigenvalue weighted by molar-refractivity contribution is 5.97. The summed E-state index contributed by atoms with van der Waals surface area (Å²) in [4.78, 5) is 11.6. The van der Waals surface area contributed by atoms with Crippen LogP contribution in [0.2, 0.25) is 0 Å². The molecule has 0 fully saturated rings. The second-order valence-electron chi connectivity index (χ2n) is 3.65. The average molecular weight is 207 g/mol. The van der Waals surface area contributed by atoms with Gasteiger partial charge in [-0.2, -0.15) is 0 Å². The Labute approximate surface area is 90.4 Å². The highest BCUT2D eigenvalue weighted by atomic mass is 16.5. The zero-order valence-corrected chi connectivity index (χ0v) is 9.41. The molecule has 82 valence electrons. The summed E-state index contributed by atoms with van der Waals surface area (Å²) in [7, 11) is 1.76. The molecule has 0 saturated carbocycles. The molecule has 0 heterocycles. The van der Waals surface area contributed by atoms with Crippen molar-refractivity contribution >= 4 is 5.78 Å². The summed E-state index contributed by atoms with van der Waals surface area (Å²) in [5.74, 6) is 0.818. The lowest BCUT2D eigenvalue weighted by Gasteiger charge is -2.10. The van der Waals surface area contributed by atoms with Gasteiger partial charge < -0.3 is 10.1 Å².